The summed E-state index contributed by atoms with van der Waals surface area (Å²) in [7, 11) is -2.94. The Morgan fingerprint density at radius 2 is 2.12 bits per heavy atom. The van der Waals surface area contributed by atoms with Crippen LogP contribution in [0.2, 0.25) is 0 Å². The van der Waals surface area contributed by atoms with Crippen LogP contribution in [-0.2, 0) is 15.7 Å². The first-order valence-electron chi connectivity index (χ1n) is 4.35. The monoisotopic (exact) mass is 247 g/mol. The molecule has 0 amide bonds. The van der Waals surface area contributed by atoms with E-state index in [2.05, 4.69) is 0 Å². The first-order chi connectivity index (χ1) is 7.41. The van der Waals surface area contributed by atoms with E-state index >= 15 is 0 Å². The van der Waals surface area contributed by atoms with E-state index in [0.717, 1.165) is 6.07 Å². The van der Waals surface area contributed by atoms with E-state index in [-0.39, 0.29) is 11.3 Å². The van der Waals surface area contributed by atoms with Crippen molar-refractivity contribution in [3.8, 4) is 0 Å². The number of carbonyl (C=O) groups is 1. The summed E-state index contributed by atoms with van der Waals surface area (Å²) in [5.41, 5.74) is 0.0779. The van der Waals surface area contributed by atoms with Gasteiger partial charge in [-0.25, -0.2) is 12.8 Å². The third-order valence-corrected chi connectivity index (χ3v) is 2.50. The van der Waals surface area contributed by atoms with Crippen LogP contribution >= 0.6 is 0 Å². The zero-order chi connectivity index (χ0) is 12.3. The molecule has 1 aromatic rings. The topological polar surface area (TPSA) is 83.5 Å². The second kappa shape index (κ2) is 4.93. The number of halogens is 1. The van der Waals surface area contributed by atoms with Gasteiger partial charge in [-0.2, -0.15) is 0 Å². The predicted octanol–water partition coefficient (Wildman–Crippen LogP) is 0.952. The molecule has 0 saturated heterocycles. The maximum absolute atomic E-state index is 13.3. The molecule has 0 aliphatic carbocycles. The van der Waals surface area contributed by atoms with Gasteiger partial charge in [0.1, 0.15) is 5.82 Å². The molecule has 0 bridgehead atoms. The first-order valence-corrected chi connectivity index (χ1v) is 5.53. The molecule has 0 aromatic heterocycles. The smallest absolute Gasteiger partial charge is 0.310 e. The van der Waals surface area contributed by atoms with Gasteiger partial charge in [-0.05, 0) is 24.6 Å². The molecule has 1 unspecified atom stereocenters. The van der Waals surface area contributed by atoms with Crippen LogP contribution in [0, 0.1) is 5.82 Å². The minimum atomic E-state index is -2.94. The number of anilines is 1. The zero-order valence-corrected chi connectivity index (χ0v) is 9.20. The average molecular weight is 247 g/mol. The Bertz CT molecular complexity index is 478. The maximum atomic E-state index is 13.3. The normalized spacial score (nSPS) is 12.4. The lowest BCUT2D eigenvalue weighted by atomic mass is 10.0. The van der Waals surface area contributed by atoms with Crippen LogP contribution in [0.25, 0.3) is 0 Å². The fourth-order valence-electron chi connectivity index (χ4n) is 1.13. The summed E-state index contributed by atoms with van der Waals surface area (Å²) in [6.45, 7) is 1.41. The molecule has 1 atom stereocenters. The first kappa shape index (κ1) is 12.4. The Morgan fingerprint density at radius 3 is 2.56 bits per heavy atom. The summed E-state index contributed by atoms with van der Waals surface area (Å²) in [6.07, 6.45) is 0. The Morgan fingerprint density at radius 1 is 1.50 bits per heavy atom. The van der Waals surface area contributed by atoms with Crippen molar-refractivity contribution >= 4 is 22.5 Å². The van der Waals surface area contributed by atoms with E-state index < -0.39 is 28.6 Å². The fourth-order valence-corrected chi connectivity index (χ4v) is 1.51. The lowest BCUT2D eigenvalue weighted by molar-refractivity contribution is -0.138. The predicted molar refractivity (Wildman–Crippen MR) is 56.4 cm³/mol. The van der Waals surface area contributed by atoms with Crippen LogP contribution in [0.5, 0.6) is 0 Å². The van der Waals surface area contributed by atoms with E-state index in [9.17, 15) is 17.6 Å². The van der Waals surface area contributed by atoms with Crippen molar-refractivity contribution in [2.45, 2.75) is 12.8 Å². The van der Waals surface area contributed by atoms with E-state index in [1.807, 2.05) is 4.72 Å². The average Bonchev–Trinajstić information content (AvgIpc) is 2.19. The molecule has 0 fully saturated rings. The number of rotatable bonds is 4. The van der Waals surface area contributed by atoms with Crippen LogP contribution in [0.4, 0.5) is 10.1 Å². The van der Waals surface area contributed by atoms with Crippen molar-refractivity contribution in [2.24, 2.45) is 0 Å². The highest BCUT2D eigenvalue weighted by Crippen LogP contribution is 2.21. The van der Waals surface area contributed by atoms with Crippen molar-refractivity contribution in [1.82, 2.24) is 0 Å². The van der Waals surface area contributed by atoms with Gasteiger partial charge in [0.2, 0.25) is 10.9 Å². The Balaban J connectivity index is 3.03. The van der Waals surface area contributed by atoms with Gasteiger partial charge in [-0.3, -0.25) is 9.52 Å². The van der Waals surface area contributed by atoms with Crippen molar-refractivity contribution in [3.05, 3.63) is 29.6 Å². The number of thiol groups is 1. The molecular weight excluding hydrogens is 237 g/mol. The molecule has 0 aliphatic rings. The van der Waals surface area contributed by atoms with Crippen LogP contribution < -0.4 is 4.72 Å². The second-order valence-electron chi connectivity index (χ2n) is 3.17. The summed E-state index contributed by atoms with van der Waals surface area (Å²) in [4.78, 5) is 10.6. The SMILES string of the molecule is CC(C(=O)O)c1ccc(N[SH](=O)=O)c(F)c1. The molecule has 0 saturated carbocycles. The van der Waals surface area contributed by atoms with Crippen LogP contribution in [0.1, 0.15) is 18.4 Å². The quantitative estimate of drug-likeness (QED) is 0.692. The van der Waals surface area contributed by atoms with Gasteiger partial charge < -0.3 is 5.11 Å². The molecule has 0 radical (unpaired) electrons. The molecule has 16 heavy (non-hydrogen) atoms. The Hall–Kier alpha value is -1.63. The molecule has 0 aliphatic heterocycles. The third-order valence-electron chi connectivity index (χ3n) is 2.08. The number of nitrogens with one attached hydrogen (secondary N) is 1. The van der Waals surface area contributed by atoms with E-state index in [1.54, 1.807) is 0 Å². The van der Waals surface area contributed by atoms with Gasteiger partial charge in [0, 0.05) is 0 Å². The highest BCUT2D eigenvalue weighted by Gasteiger charge is 2.15. The fraction of sp³-hybridized carbons (Fsp3) is 0.222. The maximum Gasteiger partial charge on any atom is 0.310 e. The molecule has 1 rings (SSSR count). The number of carboxylic acids is 1. The standard InChI is InChI=1S/C9H10FNO4S/c1-5(9(12)13)6-2-3-8(7(10)4-6)11-16(14)15/h2-5,16H,1H3,(H,12,13)(H,11,14,15). The highest BCUT2D eigenvalue weighted by molar-refractivity contribution is 7.73. The number of hydrogen-bond donors (Lipinski definition) is 3. The molecule has 7 heteroatoms. The van der Waals surface area contributed by atoms with Crippen molar-refractivity contribution in [2.75, 3.05) is 4.72 Å². The van der Waals surface area contributed by atoms with Gasteiger partial charge in [0.25, 0.3) is 0 Å². The number of carboxylic acid groups (broad SMARTS) is 1. The molecular formula is C9H10FNO4S. The van der Waals surface area contributed by atoms with Crippen molar-refractivity contribution < 1.29 is 22.7 Å². The molecule has 0 spiro atoms. The van der Waals surface area contributed by atoms with E-state index in [1.165, 1.54) is 19.1 Å². The van der Waals surface area contributed by atoms with Gasteiger partial charge in [-0.1, -0.05) is 6.07 Å². The Kier molecular flexibility index (Phi) is 3.83. The molecule has 0 heterocycles. The van der Waals surface area contributed by atoms with Gasteiger partial charge in [0.05, 0.1) is 11.6 Å². The van der Waals surface area contributed by atoms with Crippen LogP contribution in [0.15, 0.2) is 18.2 Å². The Labute approximate surface area is 93.0 Å². The van der Waals surface area contributed by atoms with Crippen molar-refractivity contribution in [1.29, 1.82) is 0 Å². The summed E-state index contributed by atoms with van der Waals surface area (Å²) < 4.78 is 35.8. The summed E-state index contributed by atoms with van der Waals surface area (Å²) >= 11 is 0. The molecule has 1 aromatic carbocycles. The van der Waals surface area contributed by atoms with E-state index in [4.69, 9.17) is 5.11 Å². The van der Waals surface area contributed by atoms with Gasteiger partial charge in [0.15, 0.2) is 0 Å². The van der Waals surface area contributed by atoms with E-state index in [0.29, 0.717) is 0 Å². The van der Waals surface area contributed by atoms with Gasteiger partial charge >= 0.3 is 5.97 Å². The largest absolute Gasteiger partial charge is 0.481 e. The summed E-state index contributed by atoms with van der Waals surface area (Å²) in [5.74, 6) is -2.72. The lowest BCUT2D eigenvalue weighted by Gasteiger charge is -2.08. The van der Waals surface area contributed by atoms with Crippen molar-refractivity contribution in [3.63, 3.8) is 0 Å². The number of aliphatic carboxylic acids is 1. The summed E-state index contributed by atoms with van der Waals surface area (Å²) in [6, 6.07) is 3.55. The number of benzene rings is 1. The molecule has 2 N–H and O–H groups in total. The zero-order valence-electron chi connectivity index (χ0n) is 8.31. The lowest BCUT2D eigenvalue weighted by Crippen LogP contribution is -2.08. The highest BCUT2D eigenvalue weighted by atomic mass is 32.2. The van der Waals surface area contributed by atoms with Gasteiger partial charge in [-0.15, -0.1) is 0 Å². The number of hydrogen-bond acceptors (Lipinski definition) is 3. The minimum absolute atomic E-state index is 0.197. The molecule has 88 valence electrons. The molecule has 5 nitrogen and oxygen atoms in total. The second-order valence-corrected chi connectivity index (χ2v) is 3.91. The van der Waals surface area contributed by atoms with Crippen LogP contribution in [0.3, 0.4) is 0 Å². The summed E-state index contributed by atoms with van der Waals surface area (Å²) in [5, 5.41) is 8.71. The third kappa shape index (κ3) is 2.93. The minimum Gasteiger partial charge on any atom is -0.481 e. The van der Waals surface area contributed by atoms with Crippen LogP contribution in [-0.4, -0.2) is 19.5 Å².